The fourth-order valence-electron chi connectivity index (χ4n) is 2.10. The van der Waals surface area contributed by atoms with Crippen molar-refractivity contribution in [1.29, 1.82) is 0 Å². The Balaban J connectivity index is 2.36. The smallest absolute Gasteiger partial charge is 0.399 e. The Labute approximate surface area is 127 Å². The number of hydrogen-bond acceptors (Lipinski definition) is 4. The molecule has 22 heavy (non-hydrogen) atoms. The number of aromatic nitrogens is 2. The highest BCUT2D eigenvalue weighted by Gasteiger charge is 2.54. The minimum absolute atomic E-state index is 0.109. The monoisotopic (exact) mass is 320 g/mol. The van der Waals surface area contributed by atoms with Crippen molar-refractivity contribution in [3.05, 3.63) is 11.9 Å². The highest BCUT2D eigenvalue weighted by atomic mass is 19.4. The van der Waals surface area contributed by atoms with Crippen LogP contribution in [0.3, 0.4) is 0 Å². The van der Waals surface area contributed by atoms with Gasteiger partial charge in [0.05, 0.1) is 24.4 Å². The van der Waals surface area contributed by atoms with Crippen molar-refractivity contribution in [2.45, 2.75) is 51.6 Å². The van der Waals surface area contributed by atoms with Crippen molar-refractivity contribution in [3.8, 4) is 0 Å². The van der Waals surface area contributed by atoms with Crippen LogP contribution in [-0.4, -0.2) is 41.8 Å². The molecule has 0 amide bonds. The fourth-order valence-corrected chi connectivity index (χ4v) is 2.10. The number of hydrogen-bond donors (Lipinski definition) is 0. The molecule has 0 aliphatic carbocycles. The maximum atomic E-state index is 13.2. The number of methoxy groups -OCH3 is 1. The molecule has 0 aromatic carbocycles. The van der Waals surface area contributed by atoms with Gasteiger partial charge in [0.25, 0.3) is 0 Å². The first kappa shape index (κ1) is 17.3. The molecule has 124 valence electrons. The lowest BCUT2D eigenvalue weighted by molar-refractivity contribution is -0.140. The third-order valence-corrected chi connectivity index (χ3v) is 4.09. The SMILES string of the molecule is COCCn1cc(B2OC(C)(C)C(C)(C)O2)c(C(F)(F)F)n1. The molecule has 0 unspecified atom stereocenters. The summed E-state index contributed by atoms with van der Waals surface area (Å²) in [6, 6.07) is 0. The van der Waals surface area contributed by atoms with E-state index in [1.165, 1.54) is 18.0 Å². The average molecular weight is 320 g/mol. The van der Waals surface area contributed by atoms with E-state index < -0.39 is 30.2 Å². The minimum atomic E-state index is -4.57. The molecule has 1 aromatic rings. The second-order valence-electron chi connectivity index (χ2n) is 6.27. The van der Waals surface area contributed by atoms with Crippen LogP contribution in [0.4, 0.5) is 13.2 Å². The molecule has 9 heteroatoms. The van der Waals surface area contributed by atoms with Gasteiger partial charge in [-0.1, -0.05) is 0 Å². The molecule has 1 aromatic heterocycles. The van der Waals surface area contributed by atoms with Crippen LogP contribution in [0.15, 0.2) is 6.20 Å². The van der Waals surface area contributed by atoms with E-state index in [1.807, 2.05) is 0 Å². The van der Waals surface area contributed by atoms with Crippen molar-refractivity contribution in [3.63, 3.8) is 0 Å². The maximum Gasteiger partial charge on any atom is 0.498 e. The Bertz CT molecular complexity index is 527. The van der Waals surface area contributed by atoms with Gasteiger partial charge in [-0.3, -0.25) is 4.68 Å². The van der Waals surface area contributed by atoms with Crippen LogP contribution >= 0.6 is 0 Å². The topological polar surface area (TPSA) is 45.5 Å². The molecule has 1 saturated heterocycles. The maximum absolute atomic E-state index is 13.2. The van der Waals surface area contributed by atoms with Gasteiger partial charge in [0.15, 0.2) is 5.69 Å². The summed E-state index contributed by atoms with van der Waals surface area (Å²) in [5.74, 6) is 0. The lowest BCUT2D eigenvalue weighted by Gasteiger charge is -2.32. The third kappa shape index (κ3) is 3.16. The zero-order valence-electron chi connectivity index (χ0n) is 13.3. The zero-order valence-corrected chi connectivity index (χ0v) is 13.3. The number of rotatable bonds is 4. The summed E-state index contributed by atoms with van der Waals surface area (Å²) >= 11 is 0. The second kappa shape index (κ2) is 5.54. The predicted molar refractivity (Wildman–Crippen MR) is 74.8 cm³/mol. The molecule has 1 aliphatic heterocycles. The van der Waals surface area contributed by atoms with Crippen molar-refractivity contribution in [1.82, 2.24) is 9.78 Å². The van der Waals surface area contributed by atoms with Crippen LogP contribution in [0.5, 0.6) is 0 Å². The summed E-state index contributed by atoms with van der Waals surface area (Å²) < 4.78 is 57.1. The van der Waals surface area contributed by atoms with Gasteiger partial charge in [-0.2, -0.15) is 18.3 Å². The summed E-state index contributed by atoms with van der Waals surface area (Å²) in [4.78, 5) is 0. The Morgan fingerprint density at radius 3 is 2.23 bits per heavy atom. The van der Waals surface area contributed by atoms with E-state index in [2.05, 4.69) is 5.10 Å². The first-order valence-corrected chi connectivity index (χ1v) is 6.97. The Hall–Kier alpha value is -1.06. The van der Waals surface area contributed by atoms with Crippen LogP contribution in [0.25, 0.3) is 0 Å². The van der Waals surface area contributed by atoms with E-state index in [1.54, 1.807) is 27.7 Å². The van der Waals surface area contributed by atoms with Gasteiger partial charge in [0.2, 0.25) is 0 Å². The summed E-state index contributed by atoms with van der Waals surface area (Å²) in [5.41, 5.74) is -2.52. The minimum Gasteiger partial charge on any atom is -0.399 e. The summed E-state index contributed by atoms with van der Waals surface area (Å²) in [6.07, 6.45) is -3.26. The lowest BCUT2D eigenvalue weighted by Crippen LogP contribution is -2.41. The quantitative estimate of drug-likeness (QED) is 0.795. The van der Waals surface area contributed by atoms with E-state index in [0.717, 1.165) is 0 Å². The summed E-state index contributed by atoms with van der Waals surface area (Å²) in [6.45, 7) is 7.64. The lowest BCUT2D eigenvalue weighted by atomic mass is 9.79. The van der Waals surface area contributed by atoms with Crippen LogP contribution in [-0.2, 0) is 26.8 Å². The van der Waals surface area contributed by atoms with E-state index in [9.17, 15) is 13.2 Å². The van der Waals surface area contributed by atoms with Gasteiger partial charge in [-0.15, -0.1) is 0 Å². The highest BCUT2D eigenvalue weighted by molar-refractivity contribution is 6.62. The second-order valence-corrected chi connectivity index (χ2v) is 6.27. The van der Waals surface area contributed by atoms with Gasteiger partial charge in [-0.05, 0) is 27.7 Å². The fraction of sp³-hybridized carbons (Fsp3) is 0.769. The molecule has 1 fully saturated rings. The molecule has 0 radical (unpaired) electrons. The molecule has 0 saturated carbocycles. The first-order valence-electron chi connectivity index (χ1n) is 6.97. The van der Waals surface area contributed by atoms with Crippen molar-refractivity contribution >= 4 is 12.6 Å². The molecule has 2 rings (SSSR count). The van der Waals surface area contributed by atoms with Gasteiger partial charge in [-0.25, -0.2) is 0 Å². The van der Waals surface area contributed by atoms with Gasteiger partial charge < -0.3 is 14.0 Å². The Kier molecular flexibility index (Phi) is 4.36. The van der Waals surface area contributed by atoms with E-state index in [0.29, 0.717) is 0 Å². The van der Waals surface area contributed by atoms with Crippen LogP contribution in [0, 0.1) is 0 Å². The molecular weight excluding hydrogens is 300 g/mol. The number of ether oxygens (including phenoxy) is 1. The van der Waals surface area contributed by atoms with Gasteiger partial charge in [0.1, 0.15) is 0 Å². The molecule has 1 aliphatic rings. The van der Waals surface area contributed by atoms with E-state index >= 15 is 0 Å². The van der Waals surface area contributed by atoms with Gasteiger partial charge in [0, 0.05) is 18.8 Å². The Morgan fingerprint density at radius 2 is 1.77 bits per heavy atom. The molecule has 0 bridgehead atoms. The standard InChI is InChI=1S/C13H20BF3N2O3/c1-11(2)12(3,4)22-14(21-11)9-8-19(6-7-20-5)18-10(9)13(15,16)17/h8H,6-7H2,1-5H3. The number of alkyl halides is 3. The zero-order chi connectivity index (χ0) is 16.8. The molecule has 5 nitrogen and oxygen atoms in total. The molecular formula is C13H20BF3N2O3. The van der Waals surface area contributed by atoms with Gasteiger partial charge >= 0.3 is 13.3 Å². The third-order valence-electron chi connectivity index (χ3n) is 4.09. The molecule has 0 N–H and O–H groups in total. The average Bonchev–Trinajstić information content (AvgIpc) is 2.86. The van der Waals surface area contributed by atoms with Crippen LogP contribution in [0.2, 0.25) is 0 Å². The number of nitrogens with zero attached hydrogens (tertiary/aromatic N) is 2. The molecule has 0 atom stereocenters. The first-order chi connectivity index (χ1) is 9.98. The summed E-state index contributed by atoms with van der Waals surface area (Å²) in [7, 11) is 0.376. The largest absolute Gasteiger partial charge is 0.498 e. The predicted octanol–water partition coefficient (Wildman–Crippen LogP) is 1.85. The normalized spacial score (nSPS) is 20.6. The highest BCUT2D eigenvalue weighted by Crippen LogP contribution is 2.37. The van der Waals surface area contributed by atoms with Crippen LogP contribution in [0.1, 0.15) is 33.4 Å². The molecule has 0 spiro atoms. The van der Waals surface area contributed by atoms with E-state index in [-0.39, 0.29) is 18.6 Å². The van der Waals surface area contributed by atoms with E-state index in [4.69, 9.17) is 14.0 Å². The van der Waals surface area contributed by atoms with Crippen molar-refractivity contribution in [2.75, 3.05) is 13.7 Å². The van der Waals surface area contributed by atoms with Crippen molar-refractivity contribution < 1.29 is 27.2 Å². The van der Waals surface area contributed by atoms with Crippen molar-refractivity contribution in [2.24, 2.45) is 0 Å². The van der Waals surface area contributed by atoms with Crippen LogP contribution < -0.4 is 5.46 Å². The molecule has 2 heterocycles. The Morgan fingerprint density at radius 1 is 1.23 bits per heavy atom. The number of halogens is 3. The summed E-state index contributed by atoms with van der Waals surface area (Å²) in [5, 5.41) is 3.61.